The summed E-state index contributed by atoms with van der Waals surface area (Å²) >= 11 is 5.45. The maximum Gasteiger partial charge on any atom is 0.278 e. The number of nitrogens with one attached hydrogen (secondary N) is 3. The summed E-state index contributed by atoms with van der Waals surface area (Å²) in [6.07, 6.45) is 3.20. The highest BCUT2D eigenvalue weighted by molar-refractivity contribution is 7.71. The van der Waals surface area contributed by atoms with E-state index in [-0.39, 0.29) is 30.5 Å². The minimum absolute atomic E-state index is 0.0184. The Morgan fingerprint density at radius 2 is 2.06 bits per heavy atom. The van der Waals surface area contributed by atoms with Crippen molar-refractivity contribution >= 4 is 40.1 Å². The Balaban J connectivity index is 1.38. The van der Waals surface area contributed by atoms with Gasteiger partial charge >= 0.3 is 0 Å². The molecule has 0 radical (unpaired) electrons. The van der Waals surface area contributed by atoms with Gasteiger partial charge in [-0.3, -0.25) is 14.2 Å². The molecule has 0 saturated carbocycles. The lowest BCUT2D eigenvalue weighted by Gasteiger charge is -2.26. The molecule has 0 unspecified atom stereocenters. The lowest BCUT2D eigenvalue weighted by molar-refractivity contribution is -0.122. The number of carbonyl (C=O) groups excluding carboxylic acids is 1. The van der Waals surface area contributed by atoms with Gasteiger partial charge in [0, 0.05) is 23.9 Å². The Morgan fingerprint density at radius 1 is 1.22 bits per heavy atom. The van der Waals surface area contributed by atoms with Gasteiger partial charge in [-0.1, -0.05) is 24.3 Å². The van der Waals surface area contributed by atoms with Gasteiger partial charge in [0.2, 0.25) is 5.91 Å². The number of hydrogen-bond donors (Lipinski definition) is 3. The van der Waals surface area contributed by atoms with Crippen LogP contribution in [0.2, 0.25) is 0 Å². The lowest BCUT2D eigenvalue weighted by Crippen LogP contribution is -2.32. The van der Waals surface area contributed by atoms with E-state index in [4.69, 9.17) is 17.0 Å². The second-order valence-corrected chi connectivity index (χ2v) is 8.52. The van der Waals surface area contributed by atoms with Crippen molar-refractivity contribution in [3.05, 3.63) is 68.7 Å². The maximum absolute atomic E-state index is 13.1. The molecule has 32 heavy (non-hydrogen) atoms. The van der Waals surface area contributed by atoms with Gasteiger partial charge < -0.3 is 20.0 Å². The van der Waals surface area contributed by atoms with Crippen LogP contribution in [0, 0.1) is 4.77 Å². The average Bonchev–Trinajstić information content (AvgIpc) is 3.17. The molecule has 7 nitrogen and oxygen atoms in total. The number of aromatic amines is 2. The Bertz CT molecular complexity index is 1450. The molecule has 1 atom stereocenters. The third-order valence-corrected chi connectivity index (χ3v) is 6.53. The summed E-state index contributed by atoms with van der Waals surface area (Å²) < 4.78 is 7.03. The number of rotatable bonds is 5. The number of ether oxygens (including phenoxy) is 1. The number of H-pyrrole nitrogens is 2. The van der Waals surface area contributed by atoms with Crippen molar-refractivity contribution in [2.45, 2.75) is 38.3 Å². The van der Waals surface area contributed by atoms with E-state index in [1.54, 1.807) is 7.11 Å². The fourth-order valence-corrected chi connectivity index (χ4v) is 4.85. The molecule has 1 aliphatic carbocycles. The van der Waals surface area contributed by atoms with Gasteiger partial charge in [-0.2, -0.15) is 0 Å². The Hall–Kier alpha value is -3.39. The molecule has 8 heteroatoms. The van der Waals surface area contributed by atoms with Crippen molar-refractivity contribution in [1.82, 2.24) is 19.9 Å². The molecule has 0 aliphatic heterocycles. The molecular formula is C24H24N4O3S. The molecule has 0 fully saturated rings. The second-order valence-electron chi connectivity index (χ2n) is 8.13. The molecule has 4 aromatic rings. The largest absolute Gasteiger partial charge is 0.497 e. The number of nitrogens with zero attached hydrogens (tertiary/aromatic N) is 1. The number of amides is 1. The van der Waals surface area contributed by atoms with Crippen molar-refractivity contribution in [2.24, 2.45) is 0 Å². The van der Waals surface area contributed by atoms with Crippen LogP contribution >= 0.6 is 12.2 Å². The summed E-state index contributed by atoms with van der Waals surface area (Å²) in [5.74, 6) is 0.609. The summed E-state index contributed by atoms with van der Waals surface area (Å²) in [7, 11) is 1.60. The van der Waals surface area contributed by atoms with Gasteiger partial charge in [0.1, 0.15) is 11.3 Å². The molecule has 3 N–H and O–H groups in total. The van der Waals surface area contributed by atoms with Crippen molar-refractivity contribution in [1.29, 1.82) is 0 Å². The first-order chi connectivity index (χ1) is 15.5. The highest BCUT2D eigenvalue weighted by atomic mass is 32.1. The molecular weight excluding hydrogens is 424 g/mol. The van der Waals surface area contributed by atoms with Gasteiger partial charge in [0.15, 0.2) is 4.77 Å². The number of hydrogen-bond acceptors (Lipinski definition) is 4. The molecule has 0 bridgehead atoms. The van der Waals surface area contributed by atoms with Crippen molar-refractivity contribution < 1.29 is 9.53 Å². The van der Waals surface area contributed by atoms with Gasteiger partial charge in [-0.25, -0.2) is 0 Å². The van der Waals surface area contributed by atoms with Gasteiger partial charge in [-0.15, -0.1) is 0 Å². The Morgan fingerprint density at radius 3 is 2.91 bits per heavy atom. The minimum atomic E-state index is -0.241. The third-order valence-electron chi connectivity index (χ3n) is 6.21. The summed E-state index contributed by atoms with van der Waals surface area (Å²) in [6, 6.07) is 13.8. The Labute approximate surface area is 189 Å². The van der Waals surface area contributed by atoms with Crippen LogP contribution in [0.5, 0.6) is 5.75 Å². The quantitative estimate of drug-likeness (QED) is 0.400. The van der Waals surface area contributed by atoms with Crippen LogP contribution in [0.25, 0.3) is 21.9 Å². The second kappa shape index (κ2) is 8.27. The van der Waals surface area contributed by atoms with E-state index in [0.717, 1.165) is 30.2 Å². The van der Waals surface area contributed by atoms with E-state index in [2.05, 4.69) is 27.4 Å². The zero-order valence-corrected chi connectivity index (χ0v) is 18.6. The van der Waals surface area contributed by atoms with Crippen LogP contribution in [0.1, 0.15) is 36.4 Å². The highest BCUT2D eigenvalue weighted by Crippen LogP contribution is 2.29. The molecule has 2 aromatic heterocycles. The fourth-order valence-electron chi connectivity index (χ4n) is 4.58. The number of aromatic nitrogens is 3. The predicted molar refractivity (Wildman–Crippen MR) is 127 cm³/mol. The Kier molecular flexibility index (Phi) is 5.30. The molecule has 0 saturated heterocycles. The monoisotopic (exact) mass is 448 g/mol. The SMILES string of the molecule is COc1ccc2[nH]c3c(=O)n(CCC(=O)N[C@H]4CCCc5ccccc54)c(=S)[nH]c3c2c1. The number of aryl methyl sites for hydroxylation is 1. The topological polar surface area (TPSA) is 91.9 Å². The summed E-state index contributed by atoms with van der Waals surface area (Å²) in [5, 5.41) is 3.97. The normalized spacial score (nSPS) is 15.6. The van der Waals surface area contributed by atoms with E-state index < -0.39 is 0 Å². The lowest BCUT2D eigenvalue weighted by atomic mass is 9.88. The molecule has 164 valence electrons. The van der Waals surface area contributed by atoms with Gasteiger partial charge in [-0.05, 0) is 60.8 Å². The summed E-state index contributed by atoms with van der Waals surface area (Å²) in [5.41, 5.74) is 4.14. The first-order valence-corrected chi connectivity index (χ1v) is 11.2. The van der Waals surface area contributed by atoms with E-state index in [1.807, 2.05) is 30.3 Å². The number of benzene rings is 2. The van der Waals surface area contributed by atoms with Crippen molar-refractivity contribution in [2.75, 3.05) is 7.11 Å². The molecule has 1 aliphatic rings. The summed E-state index contributed by atoms with van der Waals surface area (Å²) in [6.45, 7) is 0.211. The van der Waals surface area contributed by atoms with Crippen LogP contribution in [0.3, 0.4) is 0 Å². The van der Waals surface area contributed by atoms with Crippen LogP contribution in [-0.4, -0.2) is 27.6 Å². The molecule has 1 amide bonds. The van der Waals surface area contributed by atoms with E-state index in [0.29, 0.717) is 21.6 Å². The highest BCUT2D eigenvalue weighted by Gasteiger charge is 2.21. The van der Waals surface area contributed by atoms with Crippen LogP contribution in [0.4, 0.5) is 0 Å². The number of methoxy groups -OCH3 is 1. The van der Waals surface area contributed by atoms with Crippen molar-refractivity contribution in [3.8, 4) is 5.75 Å². The smallest absolute Gasteiger partial charge is 0.278 e. The summed E-state index contributed by atoms with van der Waals surface area (Å²) in [4.78, 5) is 32.1. The number of fused-ring (bicyclic) bond motifs is 4. The first kappa shape index (κ1) is 20.5. The fraction of sp³-hybridized carbons (Fsp3) is 0.292. The van der Waals surface area contributed by atoms with E-state index in [9.17, 15) is 9.59 Å². The maximum atomic E-state index is 13.1. The average molecular weight is 449 g/mol. The van der Waals surface area contributed by atoms with Gasteiger partial charge in [0.05, 0.1) is 18.7 Å². The molecule has 0 spiro atoms. The van der Waals surface area contributed by atoms with Crippen molar-refractivity contribution in [3.63, 3.8) is 0 Å². The minimum Gasteiger partial charge on any atom is -0.497 e. The predicted octanol–water partition coefficient (Wildman–Crippen LogP) is 4.13. The number of carbonyl (C=O) groups is 1. The third kappa shape index (κ3) is 3.60. The molecule has 2 aromatic carbocycles. The van der Waals surface area contributed by atoms with Gasteiger partial charge in [0.25, 0.3) is 5.56 Å². The van der Waals surface area contributed by atoms with Crippen LogP contribution < -0.4 is 15.6 Å². The van der Waals surface area contributed by atoms with Crippen LogP contribution in [-0.2, 0) is 17.8 Å². The standard InChI is InChI=1S/C24H24N4O3S/c1-31-15-9-10-19-17(13-15)21-22(26-19)23(30)28(24(32)27-21)12-11-20(29)25-18-8-4-6-14-5-2-3-7-16(14)18/h2-3,5,7,9-10,13,18,26H,4,6,8,11-12H2,1H3,(H,25,29)(H,27,32)/t18-/m0/s1. The van der Waals surface area contributed by atoms with Crippen LogP contribution in [0.15, 0.2) is 47.3 Å². The molecule has 5 rings (SSSR count). The zero-order chi connectivity index (χ0) is 22.2. The molecule has 2 heterocycles. The van der Waals surface area contributed by atoms with E-state index in [1.165, 1.54) is 15.7 Å². The zero-order valence-electron chi connectivity index (χ0n) is 17.7. The first-order valence-electron chi connectivity index (χ1n) is 10.7. The van der Waals surface area contributed by atoms with E-state index >= 15 is 0 Å².